The van der Waals surface area contributed by atoms with Gasteiger partial charge in [0.2, 0.25) is 0 Å². The van der Waals surface area contributed by atoms with Gasteiger partial charge in [0.05, 0.1) is 0 Å². The molecule has 0 heterocycles. The molecule has 0 saturated heterocycles. The molecule has 1 rings (SSSR count). The highest BCUT2D eigenvalue weighted by Gasteiger charge is 2.07. The molecule has 1 aromatic rings. The van der Waals surface area contributed by atoms with E-state index in [1.54, 1.807) is 0 Å². The number of nitrogens with zero attached hydrogens (tertiary/aromatic N) is 1. The summed E-state index contributed by atoms with van der Waals surface area (Å²) in [5.74, 6) is 0. The van der Waals surface area contributed by atoms with Gasteiger partial charge in [0.1, 0.15) is 5.40 Å². The van der Waals surface area contributed by atoms with E-state index in [1.165, 1.54) is 34.0 Å². The first kappa shape index (κ1) is 10.1. The minimum atomic E-state index is 1.12. The SMILES string of the molecule is Cc1cc(C)c(SC#N)c(C)c1C. The smallest absolute Gasteiger partial charge is 0.138 e. The molecule has 0 aliphatic rings. The normalized spacial score (nSPS) is 9.77. The molecule has 0 bridgehead atoms. The largest absolute Gasteiger partial charge is 0.185 e. The first-order chi connectivity index (χ1) is 6.07. The number of aryl methyl sites for hydroxylation is 2. The van der Waals surface area contributed by atoms with Crippen LogP contribution < -0.4 is 0 Å². The third-order valence-corrected chi connectivity index (χ3v) is 3.36. The number of hydrogen-bond donors (Lipinski definition) is 0. The summed E-state index contributed by atoms with van der Waals surface area (Å²) in [6, 6.07) is 2.14. The number of thioether (sulfide) groups is 1. The number of nitriles is 1. The first-order valence-corrected chi connectivity index (χ1v) is 5.03. The van der Waals surface area contributed by atoms with Crippen LogP contribution in [0.3, 0.4) is 0 Å². The van der Waals surface area contributed by atoms with Crippen LogP contribution in [0.25, 0.3) is 0 Å². The molecular formula is C11H13NS. The Labute approximate surface area is 83.8 Å². The van der Waals surface area contributed by atoms with Gasteiger partial charge in [-0.15, -0.1) is 0 Å². The van der Waals surface area contributed by atoms with Gasteiger partial charge < -0.3 is 0 Å². The Morgan fingerprint density at radius 3 is 2.23 bits per heavy atom. The van der Waals surface area contributed by atoms with Gasteiger partial charge in [-0.05, 0) is 61.7 Å². The van der Waals surface area contributed by atoms with Crippen LogP contribution in [0.4, 0.5) is 0 Å². The van der Waals surface area contributed by atoms with E-state index < -0.39 is 0 Å². The molecule has 0 aromatic heterocycles. The van der Waals surface area contributed by atoms with Crippen LogP contribution in [0.15, 0.2) is 11.0 Å². The fourth-order valence-electron chi connectivity index (χ4n) is 1.46. The van der Waals surface area contributed by atoms with Crippen LogP contribution in [0.1, 0.15) is 22.3 Å². The van der Waals surface area contributed by atoms with Crippen molar-refractivity contribution >= 4 is 11.8 Å². The van der Waals surface area contributed by atoms with Gasteiger partial charge in [0.15, 0.2) is 0 Å². The Morgan fingerprint density at radius 2 is 1.69 bits per heavy atom. The van der Waals surface area contributed by atoms with E-state index in [4.69, 9.17) is 5.26 Å². The average Bonchev–Trinajstić information content (AvgIpc) is 2.09. The van der Waals surface area contributed by atoms with Crippen molar-refractivity contribution in [1.29, 1.82) is 5.26 Å². The summed E-state index contributed by atoms with van der Waals surface area (Å²) in [7, 11) is 0. The third kappa shape index (κ3) is 1.87. The van der Waals surface area contributed by atoms with Crippen LogP contribution >= 0.6 is 11.8 Å². The minimum Gasteiger partial charge on any atom is -0.185 e. The zero-order chi connectivity index (χ0) is 10.0. The maximum Gasteiger partial charge on any atom is 0.138 e. The zero-order valence-electron chi connectivity index (χ0n) is 8.43. The molecule has 0 atom stereocenters. The number of benzene rings is 1. The van der Waals surface area contributed by atoms with Gasteiger partial charge in [-0.3, -0.25) is 0 Å². The molecule has 2 heteroatoms. The summed E-state index contributed by atoms with van der Waals surface area (Å²) < 4.78 is 0. The second-order valence-electron chi connectivity index (χ2n) is 3.28. The molecule has 1 nitrogen and oxygen atoms in total. The molecule has 0 saturated carbocycles. The van der Waals surface area contributed by atoms with Gasteiger partial charge >= 0.3 is 0 Å². The zero-order valence-corrected chi connectivity index (χ0v) is 9.25. The summed E-state index contributed by atoms with van der Waals surface area (Å²) in [6.45, 7) is 8.34. The van der Waals surface area contributed by atoms with Gasteiger partial charge in [-0.25, -0.2) is 0 Å². The predicted molar refractivity (Wildman–Crippen MR) is 56.9 cm³/mol. The summed E-state index contributed by atoms with van der Waals surface area (Å²) in [5.41, 5.74) is 5.04. The van der Waals surface area contributed by atoms with E-state index >= 15 is 0 Å². The fraction of sp³-hybridized carbons (Fsp3) is 0.364. The minimum absolute atomic E-state index is 1.12. The maximum atomic E-state index is 8.64. The van der Waals surface area contributed by atoms with E-state index in [9.17, 15) is 0 Å². The molecule has 0 radical (unpaired) electrons. The lowest BCUT2D eigenvalue weighted by Crippen LogP contribution is -1.92. The molecule has 13 heavy (non-hydrogen) atoms. The number of hydrogen-bond acceptors (Lipinski definition) is 2. The van der Waals surface area contributed by atoms with Crippen molar-refractivity contribution in [2.24, 2.45) is 0 Å². The van der Waals surface area contributed by atoms with E-state index in [0.29, 0.717) is 0 Å². The van der Waals surface area contributed by atoms with Gasteiger partial charge in [-0.1, -0.05) is 6.07 Å². The lowest BCUT2D eigenvalue weighted by Gasteiger charge is -2.11. The average molecular weight is 191 g/mol. The number of thiocyanates is 1. The Kier molecular flexibility index (Phi) is 3.00. The molecule has 0 spiro atoms. The number of rotatable bonds is 1. The molecular weight excluding hydrogens is 178 g/mol. The Balaban J connectivity index is 3.36. The standard InChI is InChI=1S/C11H13NS/c1-7-5-8(2)11(13-6-12)10(4)9(7)3/h5H,1-4H3. The predicted octanol–water partition coefficient (Wildman–Crippen LogP) is 3.49. The summed E-state index contributed by atoms with van der Waals surface area (Å²) >= 11 is 1.26. The fourth-order valence-corrected chi connectivity index (χ4v) is 2.08. The van der Waals surface area contributed by atoms with E-state index in [1.807, 2.05) is 0 Å². The summed E-state index contributed by atoms with van der Waals surface area (Å²) in [4.78, 5) is 1.12. The van der Waals surface area contributed by atoms with Crippen LogP contribution in [0.2, 0.25) is 0 Å². The van der Waals surface area contributed by atoms with Crippen LogP contribution in [-0.2, 0) is 0 Å². The first-order valence-electron chi connectivity index (χ1n) is 4.21. The molecule has 0 amide bonds. The van der Waals surface area contributed by atoms with Crippen molar-refractivity contribution < 1.29 is 0 Å². The van der Waals surface area contributed by atoms with E-state index in [0.717, 1.165) is 4.90 Å². The van der Waals surface area contributed by atoms with Crippen molar-refractivity contribution in [3.63, 3.8) is 0 Å². The quantitative estimate of drug-likeness (QED) is 0.501. The van der Waals surface area contributed by atoms with Gasteiger partial charge in [-0.2, -0.15) is 5.26 Å². The molecule has 0 aliphatic carbocycles. The second kappa shape index (κ2) is 3.85. The van der Waals surface area contributed by atoms with Crippen molar-refractivity contribution in [3.8, 4) is 5.40 Å². The van der Waals surface area contributed by atoms with Crippen molar-refractivity contribution in [2.45, 2.75) is 32.6 Å². The van der Waals surface area contributed by atoms with Gasteiger partial charge in [0, 0.05) is 4.90 Å². The molecule has 0 fully saturated rings. The molecule has 1 aromatic carbocycles. The Hall–Kier alpha value is -0.940. The molecule has 68 valence electrons. The highest BCUT2D eigenvalue weighted by Crippen LogP contribution is 2.29. The van der Waals surface area contributed by atoms with Crippen molar-refractivity contribution in [2.75, 3.05) is 0 Å². The summed E-state index contributed by atoms with van der Waals surface area (Å²) in [6.07, 6.45) is 0. The Morgan fingerprint density at radius 1 is 1.08 bits per heavy atom. The maximum absolute atomic E-state index is 8.64. The topological polar surface area (TPSA) is 23.8 Å². The van der Waals surface area contributed by atoms with E-state index in [-0.39, 0.29) is 0 Å². The highest BCUT2D eigenvalue weighted by molar-refractivity contribution is 8.03. The Bertz CT molecular complexity index is 375. The van der Waals surface area contributed by atoms with Gasteiger partial charge in [0.25, 0.3) is 0 Å². The van der Waals surface area contributed by atoms with Crippen LogP contribution in [0.5, 0.6) is 0 Å². The monoisotopic (exact) mass is 191 g/mol. The van der Waals surface area contributed by atoms with Crippen molar-refractivity contribution in [1.82, 2.24) is 0 Å². The van der Waals surface area contributed by atoms with E-state index in [2.05, 4.69) is 39.2 Å². The molecule has 0 unspecified atom stereocenters. The van der Waals surface area contributed by atoms with Crippen LogP contribution in [-0.4, -0.2) is 0 Å². The third-order valence-electron chi connectivity index (χ3n) is 2.43. The molecule has 0 aliphatic heterocycles. The second-order valence-corrected chi connectivity index (χ2v) is 4.08. The van der Waals surface area contributed by atoms with Crippen molar-refractivity contribution in [3.05, 3.63) is 28.3 Å². The highest BCUT2D eigenvalue weighted by atomic mass is 32.2. The lowest BCUT2D eigenvalue weighted by molar-refractivity contribution is 1.14. The van der Waals surface area contributed by atoms with Crippen LogP contribution in [0, 0.1) is 38.4 Å². The molecule has 0 N–H and O–H groups in total. The lowest BCUT2D eigenvalue weighted by atomic mass is 10.0. The summed E-state index contributed by atoms with van der Waals surface area (Å²) in [5, 5.41) is 10.8.